The summed E-state index contributed by atoms with van der Waals surface area (Å²) >= 11 is 0. The lowest BCUT2D eigenvalue weighted by Crippen LogP contribution is -2.34. The molecule has 3 rings (SSSR count). The molecule has 2 heterocycles. The molecule has 1 saturated carbocycles. The third-order valence-corrected chi connectivity index (χ3v) is 4.10. The van der Waals surface area contributed by atoms with E-state index in [0.717, 1.165) is 31.1 Å². The van der Waals surface area contributed by atoms with Crippen LogP contribution in [0.15, 0.2) is 6.07 Å². The molecule has 0 aromatic carbocycles. The third-order valence-electron chi connectivity index (χ3n) is 4.10. The fourth-order valence-corrected chi connectivity index (χ4v) is 2.77. The molecule has 0 radical (unpaired) electrons. The lowest BCUT2D eigenvalue weighted by molar-refractivity contribution is 0.375. The van der Waals surface area contributed by atoms with Gasteiger partial charge >= 0.3 is 0 Å². The van der Waals surface area contributed by atoms with Crippen molar-refractivity contribution in [3.63, 3.8) is 0 Å². The van der Waals surface area contributed by atoms with Crippen LogP contribution in [0.1, 0.15) is 56.0 Å². The molecule has 1 N–H and O–H groups in total. The molecule has 1 unspecified atom stereocenters. The standard InChI is InChI=1S/C15H23N3O/c1-19-15-10-13(11-5-6-11)17-14(18-15)8-7-12-4-2-3-9-16-12/h10-12,16H,2-9H2,1H3. The minimum Gasteiger partial charge on any atom is -0.481 e. The van der Waals surface area contributed by atoms with Gasteiger partial charge < -0.3 is 10.1 Å². The highest BCUT2D eigenvalue weighted by Crippen LogP contribution is 2.39. The van der Waals surface area contributed by atoms with Crippen LogP contribution in [-0.2, 0) is 6.42 Å². The normalized spacial score (nSPS) is 23.3. The number of hydrogen-bond donors (Lipinski definition) is 1. The highest BCUT2D eigenvalue weighted by Gasteiger charge is 2.26. The minimum absolute atomic E-state index is 0.646. The molecule has 1 aliphatic carbocycles. The lowest BCUT2D eigenvalue weighted by atomic mass is 10.0. The van der Waals surface area contributed by atoms with Crippen molar-refractivity contribution in [1.29, 1.82) is 0 Å². The Morgan fingerprint density at radius 2 is 2.16 bits per heavy atom. The summed E-state index contributed by atoms with van der Waals surface area (Å²) < 4.78 is 5.30. The van der Waals surface area contributed by atoms with Crippen molar-refractivity contribution in [2.75, 3.05) is 13.7 Å². The molecule has 1 aromatic heterocycles. The number of hydrogen-bond acceptors (Lipinski definition) is 4. The summed E-state index contributed by atoms with van der Waals surface area (Å²) in [5.41, 5.74) is 1.18. The van der Waals surface area contributed by atoms with Gasteiger partial charge in [-0.15, -0.1) is 0 Å². The molecule has 1 saturated heterocycles. The van der Waals surface area contributed by atoms with Crippen LogP contribution in [0.2, 0.25) is 0 Å². The molecule has 4 nitrogen and oxygen atoms in total. The molecule has 2 fully saturated rings. The van der Waals surface area contributed by atoms with Crippen molar-refractivity contribution < 1.29 is 4.74 Å². The molecule has 1 aliphatic heterocycles. The van der Waals surface area contributed by atoms with Crippen molar-refractivity contribution in [1.82, 2.24) is 15.3 Å². The average Bonchev–Trinajstić information content (AvgIpc) is 3.30. The van der Waals surface area contributed by atoms with Crippen molar-refractivity contribution in [3.05, 3.63) is 17.6 Å². The van der Waals surface area contributed by atoms with Gasteiger partial charge in [0.1, 0.15) is 5.82 Å². The molecular formula is C15H23N3O. The summed E-state index contributed by atoms with van der Waals surface area (Å²) in [5, 5.41) is 3.58. The Balaban J connectivity index is 1.63. The first-order chi connectivity index (χ1) is 9.35. The topological polar surface area (TPSA) is 47.0 Å². The van der Waals surface area contributed by atoms with Crippen LogP contribution in [0, 0.1) is 0 Å². The first-order valence-electron chi connectivity index (χ1n) is 7.50. The monoisotopic (exact) mass is 261 g/mol. The Kier molecular flexibility index (Phi) is 3.97. The second-order valence-corrected chi connectivity index (χ2v) is 5.71. The predicted molar refractivity (Wildman–Crippen MR) is 74.5 cm³/mol. The highest BCUT2D eigenvalue weighted by molar-refractivity contribution is 5.22. The number of ether oxygens (including phenoxy) is 1. The van der Waals surface area contributed by atoms with Gasteiger partial charge in [-0.05, 0) is 38.6 Å². The van der Waals surface area contributed by atoms with Crippen molar-refractivity contribution in [2.24, 2.45) is 0 Å². The molecule has 2 aliphatic rings. The number of nitrogens with zero attached hydrogens (tertiary/aromatic N) is 2. The van der Waals surface area contributed by atoms with E-state index in [1.807, 2.05) is 6.07 Å². The number of aryl methyl sites for hydroxylation is 1. The first-order valence-corrected chi connectivity index (χ1v) is 7.50. The highest BCUT2D eigenvalue weighted by atomic mass is 16.5. The van der Waals surface area contributed by atoms with Gasteiger partial charge in [0, 0.05) is 24.4 Å². The number of piperidine rings is 1. The molecule has 1 aromatic rings. The van der Waals surface area contributed by atoms with Crippen LogP contribution >= 0.6 is 0 Å². The van der Waals surface area contributed by atoms with Crippen LogP contribution in [0.25, 0.3) is 0 Å². The van der Waals surface area contributed by atoms with Gasteiger partial charge in [0.15, 0.2) is 0 Å². The summed E-state index contributed by atoms with van der Waals surface area (Å²) in [7, 11) is 1.69. The second kappa shape index (κ2) is 5.87. The number of nitrogens with one attached hydrogen (secondary N) is 1. The van der Waals surface area contributed by atoms with E-state index in [2.05, 4.69) is 10.3 Å². The Labute approximate surface area is 115 Å². The van der Waals surface area contributed by atoms with Crippen LogP contribution in [0.3, 0.4) is 0 Å². The largest absolute Gasteiger partial charge is 0.481 e. The first kappa shape index (κ1) is 12.9. The van der Waals surface area contributed by atoms with Gasteiger partial charge in [0.2, 0.25) is 5.88 Å². The van der Waals surface area contributed by atoms with E-state index in [0.29, 0.717) is 12.0 Å². The van der Waals surface area contributed by atoms with Crippen molar-refractivity contribution in [3.8, 4) is 5.88 Å². The maximum atomic E-state index is 5.30. The Morgan fingerprint density at radius 1 is 1.26 bits per heavy atom. The number of aromatic nitrogens is 2. The van der Waals surface area contributed by atoms with Gasteiger partial charge in [-0.1, -0.05) is 6.42 Å². The zero-order valence-corrected chi connectivity index (χ0v) is 11.7. The van der Waals surface area contributed by atoms with Crippen LogP contribution < -0.4 is 10.1 Å². The molecule has 4 heteroatoms. The number of methoxy groups -OCH3 is 1. The van der Waals surface area contributed by atoms with E-state index >= 15 is 0 Å². The van der Waals surface area contributed by atoms with Crippen molar-refractivity contribution >= 4 is 0 Å². The van der Waals surface area contributed by atoms with E-state index in [1.54, 1.807) is 7.11 Å². The molecule has 0 amide bonds. The van der Waals surface area contributed by atoms with Crippen LogP contribution in [0.5, 0.6) is 5.88 Å². The fourth-order valence-electron chi connectivity index (χ4n) is 2.77. The minimum atomic E-state index is 0.646. The summed E-state index contributed by atoms with van der Waals surface area (Å²) in [6.45, 7) is 1.16. The van der Waals surface area contributed by atoms with Crippen molar-refractivity contribution in [2.45, 2.75) is 56.9 Å². The smallest absolute Gasteiger partial charge is 0.216 e. The SMILES string of the molecule is COc1cc(C2CC2)nc(CCC2CCCCN2)n1. The quantitative estimate of drug-likeness (QED) is 0.884. The Morgan fingerprint density at radius 3 is 2.84 bits per heavy atom. The average molecular weight is 261 g/mol. The van der Waals surface area contributed by atoms with Gasteiger partial charge in [-0.2, -0.15) is 4.98 Å². The summed E-state index contributed by atoms with van der Waals surface area (Å²) in [6, 6.07) is 2.65. The van der Waals surface area contributed by atoms with Crippen LogP contribution in [-0.4, -0.2) is 29.7 Å². The summed E-state index contributed by atoms with van der Waals surface area (Å²) in [6.07, 6.45) is 8.58. The van der Waals surface area contributed by atoms with Crippen LogP contribution in [0.4, 0.5) is 0 Å². The Hall–Kier alpha value is -1.16. The van der Waals surface area contributed by atoms with Gasteiger partial charge in [-0.3, -0.25) is 0 Å². The zero-order chi connectivity index (χ0) is 13.1. The van der Waals surface area contributed by atoms with E-state index in [4.69, 9.17) is 9.72 Å². The molecule has 0 spiro atoms. The maximum absolute atomic E-state index is 5.30. The van der Waals surface area contributed by atoms with E-state index in [-0.39, 0.29) is 0 Å². The Bertz CT molecular complexity index is 425. The molecule has 0 bridgehead atoms. The van der Waals surface area contributed by atoms with E-state index < -0.39 is 0 Å². The predicted octanol–water partition coefficient (Wildman–Crippen LogP) is 2.44. The zero-order valence-electron chi connectivity index (χ0n) is 11.7. The second-order valence-electron chi connectivity index (χ2n) is 5.71. The van der Waals surface area contributed by atoms with Gasteiger partial charge in [0.25, 0.3) is 0 Å². The van der Waals surface area contributed by atoms with E-state index in [9.17, 15) is 0 Å². The number of rotatable bonds is 5. The van der Waals surface area contributed by atoms with E-state index in [1.165, 1.54) is 37.8 Å². The van der Waals surface area contributed by atoms with Gasteiger partial charge in [0.05, 0.1) is 12.8 Å². The lowest BCUT2D eigenvalue weighted by Gasteiger charge is -2.23. The summed E-state index contributed by atoms with van der Waals surface area (Å²) in [4.78, 5) is 9.19. The fraction of sp³-hybridized carbons (Fsp3) is 0.733. The third kappa shape index (κ3) is 3.44. The maximum Gasteiger partial charge on any atom is 0.216 e. The molecule has 1 atom stereocenters. The van der Waals surface area contributed by atoms with Gasteiger partial charge in [-0.25, -0.2) is 4.98 Å². The summed E-state index contributed by atoms with van der Waals surface area (Å²) in [5.74, 6) is 2.33. The molecule has 19 heavy (non-hydrogen) atoms. The molecular weight excluding hydrogens is 238 g/mol. The molecule has 104 valence electrons.